The Morgan fingerprint density at radius 3 is 2.87 bits per heavy atom. The van der Waals surface area contributed by atoms with E-state index in [0.717, 1.165) is 29.6 Å². The van der Waals surface area contributed by atoms with Gasteiger partial charge in [0, 0.05) is 48.0 Å². The molecule has 1 fully saturated rings. The third kappa shape index (κ3) is 5.12. The van der Waals surface area contributed by atoms with E-state index in [1.54, 1.807) is 19.1 Å². The molecule has 3 aromatic rings. The molecule has 2 aromatic heterocycles. The summed E-state index contributed by atoms with van der Waals surface area (Å²) < 4.78 is 19.9. The SMILES string of the molecule is Cc1nc(F)ccc1[C@H](Nc1cc(Cl)c2ncc(C#N)c(NCC(C)(C)C)c2c1)C1=C2OCCCN2NN1. The molecule has 0 aliphatic carbocycles. The third-order valence-corrected chi connectivity index (χ3v) is 6.70. The molecule has 5 rings (SSSR count). The normalized spacial score (nSPS) is 16.0. The number of pyridine rings is 2. The fourth-order valence-electron chi connectivity index (χ4n) is 4.57. The molecule has 0 radical (unpaired) electrons. The number of rotatable bonds is 6. The van der Waals surface area contributed by atoms with E-state index in [-0.39, 0.29) is 5.41 Å². The van der Waals surface area contributed by atoms with Crippen LogP contribution >= 0.6 is 11.6 Å². The second-order valence-corrected chi connectivity index (χ2v) is 11.0. The number of ether oxygens (including phenoxy) is 1. The lowest BCUT2D eigenvalue weighted by Crippen LogP contribution is -2.41. The van der Waals surface area contributed by atoms with Gasteiger partial charge >= 0.3 is 0 Å². The van der Waals surface area contributed by atoms with Gasteiger partial charge in [-0.2, -0.15) is 9.65 Å². The number of nitrogens with one attached hydrogen (secondary N) is 4. The molecule has 0 amide bonds. The molecule has 4 heterocycles. The Balaban J connectivity index is 1.62. The van der Waals surface area contributed by atoms with E-state index in [2.05, 4.69) is 58.4 Å². The number of hydrazine groups is 2. The lowest BCUT2D eigenvalue weighted by molar-refractivity contribution is 0.0447. The summed E-state index contributed by atoms with van der Waals surface area (Å²) in [6.07, 6.45) is 2.43. The molecule has 1 aromatic carbocycles. The molecule has 2 aliphatic heterocycles. The Labute approximate surface area is 226 Å². The van der Waals surface area contributed by atoms with E-state index in [1.807, 2.05) is 11.1 Å². The first kappa shape index (κ1) is 25.8. The highest BCUT2D eigenvalue weighted by Gasteiger charge is 2.33. The molecule has 0 bridgehead atoms. The first-order valence-electron chi connectivity index (χ1n) is 12.5. The predicted octanol–water partition coefficient (Wildman–Crippen LogP) is 5.13. The highest BCUT2D eigenvalue weighted by Crippen LogP contribution is 2.37. The topological polar surface area (TPSA) is 110 Å². The Bertz CT molecular complexity index is 1460. The second kappa shape index (κ2) is 10.2. The van der Waals surface area contributed by atoms with Gasteiger partial charge < -0.3 is 20.8 Å². The summed E-state index contributed by atoms with van der Waals surface area (Å²) >= 11 is 6.72. The van der Waals surface area contributed by atoms with Crippen molar-refractivity contribution in [2.45, 2.75) is 40.2 Å². The number of aryl methyl sites for hydroxylation is 1. The number of fused-ring (bicyclic) bond motifs is 2. The maximum Gasteiger partial charge on any atom is 0.229 e. The highest BCUT2D eigenvalue weighted by atomic mass is 35.5. The highest BCUT2D eigenvalue weighted by molar-refractivity contribution is 6.35. The van der Waals surface area contributed by atoms with Crippen molar-refractivity contribution in [3.8, 4) is 6.07 Å². The fraction of sp³-hybridized carbons (Fsp3) is 0.370. The summed E-state index contributed by atoms with van der Waals surface area (Å²) in [5.74, 6) is 0.124. The van der Waals surface area contributed by atoms with Crippen LogP contribution < -0.4 is 21.6 Å². The number of anilines is 2. The van der Waals surface area contributed by atoms with Gasteiger partial charge in [0.15, 0.2) is 0 Å². The number of nitriles is 1. The van der Waals surface area contributed by atoms with E-state index in [9.17, 15) is 9.65 Å². The van der Waals surface area contributed by atoms with E-state index in [0.29, 0.717) is 52.2 Å². The molecule has 0 saturated carbocycles. The van der Waals surface area contributed by atoms with Gasteiger partial charge in [-0.25, -0.2) is 4.98 Å². The molecular formula is C27H30ClFN8O. The molecule has 38 heavy (non-hydrogen) atoms. The molecule has 9 nitrogen and oxygen atoms in total. The van der Waals surface area contributed by atoms with Crippen LogP contribution in [-0.2, 0) is 4.74 Å². The summed E-state index contributed by atoms with van der Waals surface area (Å²) in [5, 5.41) is 19.8. The molecule has 1 saturated heterocycles. The Kier molecular flexibility index (Phi) is 6.90. The number of hydrogen-bond acceptors (Lipinski definition) is 9. The van der Waals surface area contributed by atoms with Crippen molar-refractivity contribution in [3.63, 3.8) is 0 Å². The van der Waals surface area contributed by atoms with Crippen LogP contribution in [0.5, 0.6) is 0 Å². The van der Waals surface area contributed by atoms with Crippen LogP contribution in [0.3, 0.4) is 0 Å². The minimum absolute atomic E-state index is 0.0128. The van der Waals surface area contributed by atoms with Crippen molar-refractivity contribution >= 4 is 33.9 Å². The summed E-state index contributed by atoms with van der Waals surface area (Å²) in [4.78, 5) is 8.51. The lowest BCUT2D eigenvalue weighted by Gasteiger charge is -2.27. The van der Waals surface area contributed by atoms with E-state index >= 15 is 0 Å². The van der Waals surface area contributed by atoms with Crippen LogP contribution in [0.25, 0.3) is 10.9 Å². The van der Waals surface area contributed by atoms with Gasteiger partial charge in [0.25, 0.3) is 0 Å². The van der Waals surface area contributed by atoms with Gasteiger partial charge in [0.1, 0.15) is 17.8 Å². The van der Waals surface area contributed by atoms with Gasteiger partial charge in [-0.15, -0.1) is 5.53 Å². The number of benzene rings is 1. The molecule has 0 spiro atoms. The van der Waals surface area contributed by atoms with Crippen molar-refractivity contribution < 1.29 is 9.13 Å². The van der Waals surface area contributed by atoms with Crippen molar-refractivity contribution in [2.75, 3.05) is 30.3 Å². The molecule has 1 atom stereocenters. The van der Waals surface area contributed by atoms with Gasteiger partial charge in [-0.3, -0.25) is 9.99 Å². The van der Waals surface area contributed by atoms with Gasteiger partial charge in [-0.05, 0) is 30.5 Å². The van der Waals surface area contributed by atoms with Crippen molar-refractivity contribution in [2.24, 2.45) is 5.41 Å². The monoisotopic (exact) mass is 536 g/mol. The van der Waals surface area contributed by atoms with Gasteiger partial charge in [0.2, 0.25) is 11.8 Å². The molecule has 2 aliphatic rings. The summed E-state index contributed by atoms with van der Waals surface area (Å²) in [6.45, 7) is 10.2. The number of nitrogens with zero attached hydrogens (tertiary/aromatic N) is 4. The van der Waals surface area contributed by atoms with Crippen molar-refractivity contribution in [3.05, 3.63) is 69.8 Å². The molecule has 4 N–H and O–H groups in total. The Hall–Kier alpha value is -3.81. The number of halogens is 2. The number of aromatic nitrogens is 2. The van der Waals surface area contributed by atoms with E-state index < -0.39 is 12.0 Å². The van der Waals surface area contributed by atoms with Crippen molar-refractivity contribution in [1.82, 2.24) is 25.9 Å². The summed E-state index contributed by atoms with van der Waals surface area (Å²) in [5.41, 5.74) is 10.8. The smallest absolute Gasteiger partial charge is 0.229 e. The molecule has 198 valence electrons. The zero-order valence-electron chi connectivity index (χ0n) is 21.7. The maximum atomic E-state index is 13.9. The standard InChI is InChI=1S/C27H30ClFN8O/c1-15-18(6-7-21(29)33-15)24(25-26-37(36-35-25)8-5-9-38-26)34-17-10-19-22(32-14-27(2,3)4)16(12-30)13-31-23(19)20(28)11-17/h6-7,10-11,13,24,34-36H,5,8-9,14H2,1-4H3,(H,31,32)/t24-/m0/s1. The van der Waals surface area contributed by atoms with Crippen LogP contribution in [0.4, 0.5) is 15.8 Å². The van der Waals surface area contributed by atoms with Gasteiger partial charge in [0.05, 0.1) is 28.4 Å². The predicted molar refractivity (Wildman–Crippen MR) is 145 cm³/mol. The van der Waals surface area contributed by atoms with Crippen molar-refractivity contribution in [1.29, 1.82) is 5.26 Å². The van der Waals surface area contributed by atoms with Gasteiger partial charge in [-0.1, -0.05) is 38.4 Å². The van der Waals surface area contributed by atoms with E-state index in [4.69, 9.17) is 16.3 Å². The first-order valence-corrected chi connectivity index (χ1v) is 12.8. The fourth-order valence-corrected chi connectivity index (χ4v) is 4.84. The third-order valence-electron chi connectivity index (χ3n) is 6.41. The van der Waals surface area contributed by atoms with Crippen LogP contribution in [-0.4, -0.2) is 34.7 Å². The largest absolute Gasteiger partial charge is 0.477 e. The Morgan fingerprint density at radius 1 is 1.32 bits per heavy atom. The average molecular weight is 537 g/mol. The van der Waals surface area contributed by atoms with Crippen LogP contribution in [0.15, 0.2) is 42.0 Å². The van der Waals surface area contributed by atoms with Crippen LogP contribution in [0, 0.1) is 29.6 Å². The zero-order chi connectivity index (χ0) is 27.0. The van der Waals surface area contributed by atoms with Crippen LogP contribution in [0.1, 0.15) is 50.1 Å². The minimum atomic E-state index is -0.547. The average Bonchev–Trinajstić information content (AvgIpc) is 3.29. The lowest BCUT2D eigenvalue weighted by atomic mass is 9.96. The molecule has 11 heteroatoms. The minimum Gasteiger partial charge on any atom is -0.477 e. The molecule has 0 unspecified atom stereocenters. The summed E-state index contributed by atoms with van der Waals surface area (Å²) in [7, 11) is 0. The maximum absolute atomic E-state index is 13.9. The van der Waals surface area contributed by atoms with Crippen LogP contribution in [0.2, 0.25) is 5.02 Å². The number of hydrogen-bond donors (Lipinski definition) is 4. The summed E-state index contributed by atoms with van der Waals surface area (Å²) in [6, 6.07) is 8.54. The van der Waals surface area contributed by atoms with E-state index in [1.165, 1.54) is 12.3 Å². The Morgan fingerprint density at radius 2 is 2.13 bits per heavy atom. The first-order chi connectivity index (χ1) is 18.1. The molecular weight excluding hydrogens is 507 g/mol. The zero-order valence-corrected chi connectivity index (χ0v) is 22.5. The second-order valence-electron chi connectivity index (χ2n) is 10.6. The quantitative estimate of drug-likeness (QED) is 0.319.